The van der Waals surface area contributed by atoms with Gasteiger partial charge in [-0.05, 0) is 12.1 Å². The lowest BCUT2D eigenvalue weighted by Crippen LogP contribution is -2.43. The molecule has 0 bridgehead atoms. The van der Waals surface area contributed by atoms with E-state index in [1.54, 1.807) is 0 Å². The number of hydrogen-bond donors (Lipinski definition) is 1. The second kappa shape index (κ2) is 5.47. The fourth-order valence-electron chi connectivity index (χ4n) is 2.82. The molecule has 1 fully saturated rings. The average Bonchev–Trinajstić information content (AvgIpc) is 2.61. The van der Waals surface area contributed by atoms with E-state index in [-0.39, 0.29) is 10.6 Å². The number of aliphatic hydroxyl groups is 1. The van der Waals surface area contributed by atoms with Gasteiger partial charge in [-0.3, -0.25) is 0 Å². The number of alkyl halides is 6. The van der Waals surface area contributed by atoms with Crippen molar-refractivity contribution in [1.82, 2.24) is 0 Å². The van der Waals surface area contributed by atoms with E-state index in [0.29, 0.717) is 11.8 Å². The number of thioether (sulfide) groups is 1. The summed E-state index contributed by atoms with van der Waals surface area (Å²) in [6.45, 7) is 0. The Labute approximate surface area is 131 Å². The van der Waals surface area contributed by atoms with Gasteiger partial charge in [0.1, 0.15) is 24.0 Å². The first-order valence-corrected chi connectivity index (χ1v) is 7.76. The molecule has 0 saturated heterocycles. The summed E-state index contributed by atoms with van der Waals surface area (Å²) in [7, 11) is 0. The van der Waals surface area contributed by atoms with E-state index in [1.165, 1.54) is 6.07 Å². The number of fused-ring (bicyclic) bond motifs is 1. The SMILES string of the molecule is OC1c2c(SCF)ccc(OC3CC(F)(F)C3)c2C(F)C1(F)F. The summed E-state index contributed by atoms with van der Waals surface area (Å²) in [5.41, 5.74) is -1.02. The molecule has 0 aliphatic heterocycles. The summed E-state index contributed by atoms with van der Waals surface area (Å²) >= 11 is 0.532. The first-order valence-electron chi connectivity index (χ1n) is 6.77. The number of benzene rings is 1. The van der Waals surface area contributed by atoms with Gasteiger partial charge in [0.05, 0.1) is 0 Å². The lowest BCUT2D eigenvalue weighted by atomic mass is 9.91. The first-order chi connectivity index (χ1) is 10.7. The fraction of sp³-hybridized carbons (Fsp3) is 0.571. The van der Waals surface area contributed by atoms with Gasteiger partial charge in [-0.25, -0.2) is 17.6 Å². The molecular formula is C14H12F6O2S. The average molecular weight is 358 g/mol. The van der Waals surface area contributed by atoms with Crippen LogP contribution in [0.5, 0.6) is 5.75 Å². The van der Waals surface area contributed by atoms with Crippen molar-refractivity contribution in [1.29, 1.82) is 0 Å². The molecule has 23 heavy (non-hydrogen) atoms. The lowest BCUT2D eigenvalue weighted by Gasteiger charge is -2.35. The van der Waals surface area contributed by atoms with Gasteiger partial charge >= 0.3 is 5.92 Å². The highest BCUT2D eigenvalue weighted by Crippen LogP contribution is 2.58. The molecule has 2 aliphatic carbocycles. The maximum Gasteiger partial charge on any atom is 0.312 e. The van der Waals surface area contributed by atoms with Crippen molar-refractivity contribution in [2.75, 3.05) is 6.01 Å². The van der Waals surface area contributed by atoms with Crippen LogP contribution in [0.25, 0.3) is 0 Å². The van der Waals surface area contributed by atoms with E-state index in [2.05, 4.69) is 0 Å². The second-order valence-electron chi connectivity index (χ2n) is 5.59. The maximum atomic E-state index is 14.1. The van der Waals surface area contributed by atoms with Crippen LogP contribution in [-0.2, 0) is 0 Å². The summed E-state index contributed by atoms with van der Waals surface area (Å²) in [6, 6.07) is 1.41. The Morgan fingerprint density at radius 1 is 1.17 bits per heavy atom. The van der Waals surface area contributed by atoms with Gasteiger partial charge in [-0.15, -0.1) is 0 Å². The molecule has 0 spiro atoms. The van der Waals surface area contributed by atoms with Gasteiger partial charge in [-0.1, -0.05) is 11.8 Å². The Hall–Kier alpha value is -1.09. The van der Waals surface area contributed by atoms with E-state index < -0.39 is 60.2 Å². The molecule has 2 aliphatic rings. The minimum Gasteiger partial charge on any atom is -0.490 e. The van der Waals surface area contributed by atoms with Crippen molar-refractivity contribution < 1.29 is 36.2 Å². The number of aliphatic hydroxyl groups excluding tert-OH is 1. The smallest absolute Gasteiger partial charge is 0.312 e. The van der Waals surface area contributed by atoms with E-state index in [9.17, 15) is 31.4 Å². The van der Waals surface area contributed by atoms with Crippen molar-refractivity contribution >= 4 is 11.8 Å². The molecule has 2 unspecified atom stereocenters. The molecule has 2 nitrogen and oxygen atoms in total. The predicted molar refractivity (Wildman–Crippen MR) is 70.6 cm³/mol. The van der Waals surface area contributed by atoms with Crippen LogP contribution in [0.2, 0.25) is 0 Å². The molecule has 128 valence electrons. The third kappa shape index (κ3) is 2.67. The molecule has 1 aromatic carbocycles. The number of ether oxygens (including phenoxy) is 1. The zero-order chi connectivity index (χ0) is 17.0. The van der Waals surface area contributed by atoms with Crippen molar-refractivity contribution in [2.45, 2.75) is 48.0 Å². The van der Waals surface area contributed by atoms with E-state index in [0.717, 1.165) is 6.07 Å². The van der Waals surface area contributed by atoms with Crippen LogP contribution >= 0.6 is 11.8 Å². The van der Waals surface area contributed by atoms with Gasteiger partial charge in [-0.2, -0.15) is 8.78 Å². The van der Waals surface area contributed by atoms with E-state index >= 15 is 0 Å². The molecule has 0 amide bonds. The van der Waals surface area contributed by atoms with Gasteiger partial charge < -0.3 is 9.84 Å². The van der Waals surface area contributed by atoms with Crippen LogP contribution in [0, 0.1) is 0 Å². The molecule has 2 atom stereocenters. The van der Waals surface area contributed by atoms with Gasteiger partial charge in [0.15, 0.2) is 6.17 Å². The predicted octanol–water partition coefficient (Wildman–Crippen LogP) is 4.58. The quantitative estimate of drug-likeness (QED) is 0.631. The molecule has 1 saturated carbocycles. The van der Waals surface area contributed by atoms with Crippen LogP contribution in [0.3, 0.4) is 0 Å². The highest BCUT2D eigenvalue weighted by Gasteiger charge is 2.58. The summed E-state index contributed by atoms with van der Waals surface area (Å²) in [5.74, 6) is -7.28. The van der Waals surface area contributed by atoms with Crippen LogP contribution < -0.4 is 4.74 Å². The van der Waals surface area contributed by atoms with Crippen LogP contribution in [0.15, 0.2) is 17.0 Å². The number of rotatable bonds is 4. The third-order valence-electron chi connectivity index (χ3n) is 3.99. The first kappa shape index (κ1) is 16.8. The monoisotopic (exact) mass is 358 g/mol. The molecule has 0 aromatic heterocycles. The topological polar surface area (TPSA) is 29.5 Å². The summed E-state index contributed by atoms with van der Waals surface area (Å²) in [6.07, 6.45) is -7.36. The van der Waals surface area contributed by atoms with Gasteiger partial charge in [0, 0.05) is 28.9 Å². The molecule has 3 rings (SSSR count). The standard InChI is InChI=1S/C14H12F6O2S/c15-5-23-8-2-1-7(22-6-3-13(17,18)4-6)9-10(8)12(21)14(19,20)11(9)16/h1-2,6,11-12,21H,3-5H2. The number of hydrogen-bond acceptors (Lipinski definition) is 3. The number of halogens is 6. The molecule has 0 radical (unpaired) electrons. The Morgan fingerprint density at radius 2 is 1.83 bits per heavy atom. The van der Waals surface area contributed by atoms with Crippen molar-refractivity contribution in [3.8, 4) is 5.75 Å². The van der Waals surface area contributed by atoms with Gasteiger partial charge in [0.2, 0.25) is 0 Å². The van der Waals surface area contributed by atoms with Gasteiger partial charge in [0.25, 0.3) is 5.92 Å². The minimum atomic E-state index is -4.09. The fourth-order valence-corrected chi connectivity index (χ4v) is 3.48. The molecule has 9 heteroatoms. The summed E-state index contributed by atoms with van der Waals surface area (Å²) in [5, 5.41) is 9.70. The van der Waals surface area contributed by atoms with Crippen LogP contribution in [-0.4, -0.2) is 29.1 Å². The Bertz CT molecular complexity index is 616. The Morgan fingerprint density at radius 3 is 2.39 bits per heavy atom. The Balaban J connectivity index is 1.97. The maximum absolute atomic E-state index is 14.1. The van der Waals surface area contributed by atoms with E-state index in [4.69, 9.17) is 4.74 Å². The second-order valence-corrected chi connectivity index (χ2v) is 6.53. The molecule has 1 aromatic rings. The molecule has 1 N–H and O–H groups in total. The van der Waals surface area contributed by atoms with Crippen LogP contribution in [0.4, 0.5) is 26.3 Å². The van der Waals surface area contributed by atoms with Crippen molar-refractivity contribution in [2.24, 2.45) is 0 Å². The van der Waals surface area contributed by atoms with Crippen LogP contribution in [0.1, 0.15) is 36.2 Å². The van der Waals surface area contributed by atoms with E-state index in [1.807, 2.05) is 0 Å². The molecule has 0 heterocycles. The Kier molecular flexibility index (Phi) is 3.99. The summed E-state index contributed by atoms with van der Waals surface area (Å²) in [4.78, 5) is -0.0267. The van der Waals surface area contributed by atoms with Crippen molar-refractivity contribution in [3.05, 3.63) is 23.3 Å². The molecular weight excluding hydrogens is 346 g/mol. The highest BCUT2D eigenvalue weighted by molar-refractivity contribution is 7.99. The highest BCUT2D eigenvalue weighted by atomic mass is 32.2. The van der Waals surface area contributed by atoms with Crippen molar-refractivity contribution in [3.63, 3.8) is 0 Å². The zero-order valence-electron chi connectivity index (χ0n) is 11.5. The third-order valence-corrected chi connectivity index (χ3v) is 4.77. The zero-order valence-corrected chi connectivity index (χ0v) is 12.4. The lowest BCUT2D eigenvalue weighted by molar-refractivity contribution is -0.145. The normalized spacial score (nSPS) is 28.3. The largest absolute Gasteiger partial charge is 0.490 e. The summed E-state index contributed by atoms with van der Waals surface area (Å²) < 4.78 is 85.0. The minimum absolute atomic E-state index is 0.0267.